The average Bonchev–Trinajstić information content (AvgIpc) is 2.91. The molecule has 2 aromatic carbocycles. The number of terminal acetylenes is 1. The number of hydrogen-bond donors (Lipinski definition) is 3. The number of carbonyl (C=O) groups is 5. The van der Waals surface area contributed by atoms with Crippen molar-refractivity contribution >= 4 is 29.8 Å². The largest absolute Gasteiger partial charge is 0.458 e. The van der Waals surface area contributed by atoms with Crippen LogP contribution in [0, 0.1) is 19.4 Å². The summed E-state index contributed by atoms with van der Waals surface area (Å²) >= 11 is 0. The van der Waals surface area contributed by atoms with Gasteiger partial charge in [-0.15, -0.1) is 0 Å². The maximum atomic E-state index is 14.1. The molecule has 0 aliphatic carbocycles. The van der Waals surface area contributed by atoms with E-state index in [4.69, 9.17) is 21.6 Å². The lowest BCUT2D eigenvalue weighted by molar-refractivity contribution is -0.159. The van der Waals surface area contributed by atoms with Crippen molar-refractivity contribution in [2.75, 3.05) is 0 Å². The second-order valence-corrected chi connectivity index (χ2v) is 12.6. The minimum Gasteiger partial charge on any atom is -0.458 e. The van der Waals surface area contributed by atoms with Gasteiger partial charge >= 0.3 is 12.1 Å². The number of rotatable bonds is 12. The van der Waals surface area contributed by atoms with Gasteiger partial charge in [0.15, 0.2) is 0 Å². The second kappa shape index (κ2) is 15.7. The number of hydrogen-bond acceptors (Lipinski definition) is 7. The van der Waals surface area contributed by atoms with Crippen molar-refractivity contribution in [1.29, 1.82) is 0 Å². The smallest absolute Gasteiger partial charge is 0.408 e. The normalized spacial score (nSPS) is 13.3. The van der Waals surface area contributed by atoms with Gasteiger partial charge in [0.25, 0.3) is 5.91 Å². The van der Waals surface area contributed by atoms with Gasteiger partial charge in [-0.3, -0.25) is 19.3 Å². The van der Waals surface area contributed by atoms with E-state index in [1.165, 1.54) is 0 Å². The molecule has 3 unspecified atom stereocenters. The lowest BCUT2D eigenvalue weighted by Crippen LogP contribution is -2.53. The van der Waals surface area contributed by atoms with Crippen molar-refractivity contribution in [3.63, 3.8) is 0 Å². The zero-order valence-electron chi connectivity index (χ0n) is 27.0. The maximum absolute atomic E-state index is 14.1. The lowest BCUT2D eigenvalue weighted by atomic mass is 9.99. The summed E-state index contributed by atoms with van der Waals surface area (Å²) in [5.74, 6) is -3.00. The molecule has 0 radical (unpaired) electrons. The number of nitrogens with zero attached hydrogens (tertiary/aromatic N) is 1. The predicted molar refractivity (Wildman–Crippen MR) is 169 cm³/mol. The Kier molecular flexibility index (Phi) is 12.7. The molecular weight excluding hydrogens is 576 g/mol. The molecule has 45 heavy (non-hydrogen) atoms. The molecule has 0 aromatic heterocycles. The first-order valence-corrected chi connectivity index (χ1v) is 14.6. The van der Waals surface area contributed by atoms with E-state index in [0.717, 1.165) is 16.0 Å². The fourth-order valence-corrected chi connectivity index (χ4v) is 4.35. The summed E-state index contributed by atoms with van der Waals surface area (Å²) in [5, 5.41) is 5.20. The molecule has 0 spiro atoms. The van der Waals surface area contributed by atoms with E-state index < -0.39 is 59.1 Å². The molecule has 242 valence electrons. The minimum atomic E-state index is -1.43. The van der Waals surface area contributed by atoms with Crippen molar-refractivity contribution in [3.05, 3.63) is 71.3 Å². The van der Waals surface area contributed by atoms with Gasteiger partial charge in [0.05, 0.1) is 0 Å². The minimum absolute atomic E-state index is 0.105. The van der Waals surface area contributed by atoms with Crippen LogP contribution in [0.1, 0.15) is 77.1 Å². The van der Waals surface area contributed by atoms with Crippen molar-refractivity contribution in [1.82, 2.24) is 15.5 Å². The first-order valence-electron chi connectivity index (χ1n) is 14.6. The first kappa shape index (κ1) is 36.3. The van der Waals surface area contributed by atoms with Gasteiger partial charge < -0.3 is 25.8 Å². The zero-order chi connectivity index (χ0) is 33.9. The summed E-state index contributed by atoms with van der Waals surface area (Å²) in [6.45, 7) is 11.9. The highest BCUT2D eigenvalue weighted by molar-refractivity contribution is 5.95. The van der Waals surface area contributed by atoms with Crippen LogP contribution in [-0.2, 0) is 35.1 Å². The summed E-state index contributed by atoms with van der Waals surface area (Å²) in [7, 11) is 0. The van der Waals surface area contributed by atoms with E-state index >= 15 is 0 Å². The van der Waals surface area contributed by atoms with Crippen LogP contribution in [0.5, 0.6) is 0 Å². The van der Waals surface area contributed by atoms with Gasteiger partial charge in [-0.05, 0) is 66.0 Å². The summed E-state index contributed by atoms with van der Waals surface area (Å²) < 4.78 is 10.9. The summed E-state index contributed by atoms with van der Waals surface area (Å²) in [6, 6.07) is 14.2. The highest BCUT2D eigenvalue weighted by Crippen LogP contribution is 2.25. The Bertz CT molecular complexity index is 1400. The fourth-order valence-electron chi connectivity index (χ4n) is 4.35. The van der Waals surface area contributed by atoms with Crippen LogP contribution in [0.15, 0.2) is 54.6 Å². The molecule has 0 fully saturated rings. The van der Waals surface area contributed by atoms with Crippen LogP contribution in [0.2, 0.25) is 0 Å². The molecule has 0 heterocycles. The molecule has 11 heteroatoms. The fraction of sp³-hybridized carbons (Fsp3) is 0.441. The Balaban J connectivity index is 2.55. The number of ether oxygens (including phenoxy) is 2. The van der Waals surface area contributed by atoms with Gasteiger partial charge in [-0.2, -0.15) is 0 Å². The van der Waals surface area contributed by atoms with Crippen LogP contribution in [0.3, 0.4) is 0 Å². The van der Waals surface area contributed by atoms with Crippen LogP contribution in [0.25, 0.3) is 0 Å². The summed E-state index contributed by atoms with van der Waals surface area (Å²) in [4.78, 5) is 66.5. The third kappa shape index (κ3) is 12.3. The Morgan fingerprint density at radius 3 is 2.04 bits per heavy atom. The number of amides is 4. The number of nitrogens with two attached hydrogens (primary N) is 1. The van der Waals surface area contributed by atoms with E-state index in [9.17, 15) is 24.0 Å². The monoisotopic (exact) mass is 620 g/mol. The van der Waals surface area contributed by atoms with Crippen molar-refractivity contribution in [2.24, 2.45) is 5.73 Å². The van der Waals surface area contributed by atoms with E-state index in [-0.39, 0.29) is 19.3 Å². The molecule has 0 saturated carbocycles. The molecule has 0 bridgehead atoms. The number of carbonyl (C=O) groups excluding carboxylic acids is 5. The maximum Gasteiger partial charge on any atom is 0.408 e. The third-order valence-corrected chi connectivity index (χ3v) is 6.20. The number of nitrogens with one attached hydrogen (secondary N) is 2. The number of primary amides is 1. The second-order valence-electron chi connectivity index (χ2n) is 12.6. The Hall–Kier alpha value is -4.85. The molecule has 4 N–H and O–H groups in total. The van der Waals surface area contributed by atoms with Gasteiger partial charge in [-0.25, -0.2) is 9.59 Å². The van der Waals surface area contributed by atoms with Crippen LogP contribution < -0.4 is 16.4 Å². The van der Waals surface area contributed by atoms with Crippen molar-refractivity contribution in [3.8, 4) is 12.5 Å². The van der Waals surface area contributed by atoms with E-state index in [2.05, 4.69) is 16.7 Å². The Morgan fingerprint density at radius 1 is 0.889 bits per heavy atom. The quantitative estimate of drug-likeness (QED) is 0.186. The lowest BCUT2D eigenvalue weighted by Gasteiger charge is -2.32. The highest BCUT2D eigenvalue weighted by Gasteiger charge is 2.38. The van der Waals surface area contributed by atoms with Gasteiger partial charge in [0, 0.05) is 18.9 Å². The SMILES string of the molecule is C#CN(C(=O)C(CCC(N)=O)NC(=O)OC(C)(C)C)C(C(=O)NC(Cc1ccccc1)C(=O)OC(C)(C)C)c1cccc(C)c1. The molecule has 2 aromatic rings. The number of aryl methyl sites for hydroxylation is 1. The molecule has 0 aliphatic rings. The Labute approximate surface area is 265 Å². The average molecular weight is 621 g/mol. The number of alkyl carbamates (subject to hydrolysis) is 1. The molecule has 0 aliphatic heterocycles. The molecule has 4 amide bonds. The molecular formula is C34H44N4O7. The van der Waals surface area contributed by atoms with Gasteiger partial charge in [-0.1, -0.05) is 66.6 Å². The molecule has 3 atom stereocenters. The standard InChI is InChI=1S/C34H44N4O7/c1-9-38(30(41)25(18-19-27(35)39)37-32(43)45-34(6,7)8)28(24-17-13-14-22(2)20-24)29(40)36-26(31(42)44-33(3,4)5)21-23-15-11-10-12-16-23/h1,10-17,20,25-26,28H,18-19,21H2,2-8H3,(H2,35,39)(H,36,40)(H,37,43). The van der Waals surface area contributed by atoms with E-state index in [0.29, 0.717) is 5.56 Å². The summed E-state index contributed by atoms with van der Waals surface area (Å²) in [6.07, 6.45) is 4.57. The zero-order valence-corrected chi connectivity index (χ0v) is 27.0. The molecule has 11 nitrogen and oxygen atoms in total. The molecule has 0 saturated heterocycles. The number of esters is 1. The van der Waals surface area contributed by atoms with Crippen LogP contribution >= 0.6 is 0 Å². The van der Waals surface area contributed by atoms with Crippen molar-refractivity contribution in [2.45, 2.75) is 97.1 Å². The van der Waals surface area contributed by atoms with Gasteiger partial charge in [0.2, 0.25) is 11.8 Å². The van der Waals surface area contributed by atoms with Crippen LogP contribution in [0.4, 0.5) is 4.79 Å². The molecule has 2 rings (SSSR count). The van der Waals surface area contributed by atoms with E-state index in [1.807, 2.05) is 30.3 Å². The first-order chi connectivity index (χ1) is 20.9. The van der Waals surface area contributed by atoms with E-state index in [1.54, 1.807) is 72.7 Å². The summed E-state index contributed by atoms with van der Waals surface area (Å²) in [5.41, 5.74) is 5.51. The van der Waals surface area contributed by atoms with Gasteiger partial charge in [0.1, 0.15) is 29.3 Å². The van der Waals surface area contributed by atoms with Crippen LogP contribution in [-0.4, -0.2) is 58.0 Å². The topological polar surface area (TPSA) is 157 Å². The van der Waals surface area contributed by atoms with Crippen molar-refractivity contribution < 1.29 is 33.4 Å². The third-order valence-electron chi connectivity index (χ3n) is 6.20. The number of benzene rings is 2. The highest BCUT2D eigenvalue weighted by atomic mass is 16.6. The Morgan fingerprint density at radius 2 is 1.51 bits per heavy atom. The predicted octanol–water partition coefficient (Wildman–Crippen LogP) is 3.68.